The molecule has 1 aliphatic heterocycles. The molecule has 7 heteroatoms. The number of hydrogen-bond acceptors (Lipinski definition) is 6. The fraction of sp³-hybridized carbons (Fsp3) is 0.385. The normalized spacial score (nSPS) is 19.1. The molecule has 1 fully saturated rings. The summed E-state index contributed by atoms with van der Waals surface area (Å²) in [5.74, 6) is 0.698. The van der Waals surface area contributed by atoms with Crippen molar-refractivity contribution in [2.24, 2.45) is 0 Å². The third kappa shape index (κ3) is 2.27. The summed E-state index contributed by atoms with van der Waals surface area (Å²) in [5.41, 5.74) is 0.792. The van der Waals surface area contributed by atoms with Gasteiger partial charge in [-0.1, -0.05) is 0 Å². The Bertz CT molecular complexity index is 628. The number of carbonyl (C=O) groups is 1. The Balaban J connectivity index is 1.92. The van der Waals surface area contributed by atoms with Crippen molar-refractivity contribution in [1.29, 1.82) is 0 Å². The van der Waals surface area contributed by atoms with Gasteiger partial charge in [0.25, 0.3) is 5.91 Å². The van der Waals surface area contributed by atoms with Crippen LogP contribution in [0.5, 0.6) is 0 Å². The number of morpholine rings is 1. The molecular weight excluding hydrogens is 258 g/mol. The van der Waals surface area contributed by atoms with E-state index in [-0.39, 0.29) is 5.91 Å². The standard InChI is InChI=1S/C13H15N5O2/c1-14-13(19)11-7-18(4-5-20-11)12-9-2-3-15-6-10(9)16-8-17-12/h2-3,6,8,11H,4-5,7H2,1H3,(H,14,19). The quantitative estimate of drug-likeness (QED) is 0.828. The van der Waals surface area contributed by atoms with Crippen molar-refractivity contribution in [1.82, 2.24) is 20.3 Å². The maximum Gasteiger partial charge on any atom is 0.250 e. The minimum absolute atomic E-state index is 0.116. The zero-order valence-corrected chi connectivity index (χ0v) is 11.1. The van der Waals surface area contributed by atoms with Gasteiger partial charge in [-0.15, -0.1) is 0 Å². The van der Waals surface area contributed by atoms with E-state index in [1.807, 2.05) is 11.0 Å². The molecule has 0 radical (unpaired) electrons. The van der Waals surface area contributed by atoms with Crippen molar-refractivity contribution >= 4 is 22.6 Å². The van der Waals surface area contributed by atoms with E-state index in [1.54, 1.807) is 19.4 Å². The lowest BCUT2D eigenvalue weighted by Crippen LogP contribution is -2.49. The number of nitrogens with one attached hydrogen (secondary N) is 1. The van der Waals surface area contributed by atoms with Crippen molar-refractivity contribution < 1.29 is 9.53 Å². The van der Waals surface area contributed by atoms with Gasteiger partial charge in [-0.05, 0) is 6.07 Å². The molecule has 0 bridgehead atoms. The van der Waals surface area contributed by atoms with E-state index >= 15 is 0 Å². The molecule has 3 rings (SSSR count). The highest BCUT2D eigenvalue weighted by atomic mass is 16.5. The van der Waals surface area contributed by atoms with Crippen LogP contribution in [0.1, 0.15) is 0 Å². The van der Waals surface area contributed by atoms with Crippen molar-refractivity contribution in [3.63, 3.8) is 0 Å². The maximum atomic E-state index is 11.7. The van der Waals surface area contributed by atoms with Gasteiger partial charge in [-0.3, -0.25) is 9.78 Å². The fourth-order valence-corrected chi connectivity index (χ4v) is 2.31. The molecular formula is C13H15N5O2. The van der Waals surface area contributed by atoms with E-state index < -0.39 is 6.10 Å². The minimum Gasteiger partial charge on any atom is -0.365 e. The van der Waals surface area contributed by atoms with Crippen LogP contribution in [-0.2, 0) is 9.53 Å². The number of pyridine rings is 1. The Hall–Kier alpha value is -2.28. The maximum absolute atomic E-state index is 11.7. The number of nitrogens with zero attached hydrogens (tertiary/aromatic N) is 4. The molecule has 1 amide bonds. The van der Waals surface area contributed by atoms with Crippen LogP contribution >= 0.6 is 0 Å². The SMILES string of the molecule is CNC(=O)C1CN(c2ncnc3cnccc23)CCO1. The van der Waals surface area contributed by atoms with Crippen molar-refractivity contribution in [2.75, 3.05) is 31.6 Å². The van der Waals surface area contributed by atoms with Crippen molar-refractivity contribution in [2.45, 2.75) is 6.10 Å². The number of hydrogen-bond donors (Lipinski definition) is 1. The lowest BCUT2D eigenvalue weighted by molar-refractivity contribution is -0.132. The zero-order valence-electron chi connectivity index (χ0n) is 11.1. The molecule has 2 aromatic rings. The largest absolute Gasteiger partial charge is 0.365 e. The molecule has 1 N–H and O–H groups in total. The highest BCUT2D eigenvalue weighted by molar-refractivity contribution is 5.89. The predicted molar refractivity (Wildman–Crippen MR) is 73.4 cm³/mol. The summed E-state index contributed by atoms with van der Waals surface area (Å²) in [6.07, 6.45) is 4.47. The molecule has 7 nitrogen and oxygen atoms in total. The van der Waals surface area contributed by atoms with E-state index in [2.05, 4.69) is 20.3 Å². The Morgan fingerprint density at radius 1 is 1.50 bits per heavy atom. The summed E-state index contributed by atoms with van der Waals surface area (Å²) >= 11 is 0. The smallest absolute Gasteiger partial charge is 0.250 e. The summed E-state index contributed by atoms with van der Waals surface area (Å²) in [4.78, 5) is 26.4. The summed E-state index contributed by atoms with van der Waals surface area (Å²) < 4.78 is 5.48. The average molecular weight is 273 g/mol. The first kappa shape index (κ1) is 12.7. The number of aromatic nitrogens is 3. The minimum atomic E-state index is -0.472. The van der Waals surface area contributed by atoms with Crippen LogP contribution in [0, 0.1) is 0 Å². The lowest BCUT2D eigenvalue weighted by atomic mass is 10.2. The van der Waals surface area contributed by atoms with Gasteiger partial charge in [0, 0.05) is 25.2 Å². The number of rotatable bonds is 2. The van der Waals surface area contributed by atoms with Gasteiger partial charge in [0.05, 0.1) is 24.9 Å². The second-order valence-electron chi connectivity index (χ2n) is 4.51. The van der Waals surface area contributed by atoms with E-state index in [4.69, 9.17) is 4.74 Å². The topological polar surface area (TPSA) is 80.2 Å². The first-order valence-corrected chi connectivity index (χ1v) is 6.42. The van der Waals surface area contributed by atoms with E-state index in [9.17, 15) is 4.79 Å². The van der Waals surface area contributed by atoms with Crippen molar-refractivity contribution in [3.8, 4) is 0 Å². The van der Waals surface area contributed by atoms with E-state index in [0.717, 1.165) is 16.7 Å². The zero-order chi connectivity index (χ0) is 13.9. The van der Waals surface area contributed by atoms with Crippen molar-refractivity contribution in [3.05, 3.63) is 24.8 Å². The average Bonchev–Trinajstić information content (AvgIpc) is 2.53. The van der Waals surface area contributed by atoms with Crippen LogP contribution in [0.2, 0.25) is 0 Å². The Labute approximate surface area is 116 Å². The van der Waals surface area contributed by atoms with Gasteiger partial charge < -0.3 is 15.0 Å². The second-order valence-corrected chi connectivity index (χ2v) is 4.51. The van der Waals surface area contributed by atoms with Gasteiger partial charge in [0.15, 0.2) is 6.10 Å². The van der Waals surface area contributed by atoms with Crippen LogP contribution in [0.25, 0.3) is 10.9 Å². The van der Waals surface area contributed by atoms with Crippen LogP contribution in [-0.4, -0.2) is 53.7 Å². The van der Waals surface area contributed by atoms with Crippen LogP contribution in [0.15, 0.2) is 24.8 Å². The van der Waals surface area contributed by atoms with E-state index in [0.29, 0.717) is 19.7 Å². The molecule has 20 heavy (non-hydrogen) atoms. The number of anilines is 1. The summed E-state index contributed by atoms with van der Waals surface area (Å²) in [5, 5.41) is 3.54. The predicted octanol–water partition coefficient (Wildman–Crippen LogP) is -0.0240. The summed E-state index contributed by atoms with van der Waals surface area (Å²) in [7, 11) is 1.61. The van der Waals surface area contributed by atoms with Gasteiger partial charge in [0.2, 0.25) is 0 Å². The fourth-order valence-electron chi connectivity index (χ4n) is 2.31. The second kappa shape index (κ2) is 5.38. The first-order valence-electron chi connectivity index (χ1n) is 6.42. The first-order chi connectivity index (χ1) is 9.79. The molecule has 0 saturated carbocycles. The molecule has 1 saturated heterocycles. The Morgan fingerprint density at radius 2 is 2.40 bits per heavy atom. The van der Waals surface area contributed by atoms with Crippen LogP contribution < -0.4 is 10.2 Å². The molecule has 1 aliphatic rings. The molecule has 104 valence electrons. The monoisotopic (exact) mass is 273 g/mol. The molecule has 3 heterocycles. The number of fused-ring (bicyclic) bond motifs is 1. The molecule has 0 aliphatic carbocycles. The molecule has 0 aromatic carbocycles. The van der Waals surface area contributed by atoms with Crippen LogP contribution in [0.4, 0.5) is 5.82 Å². The van der Waals surface area contributed by atoms with Gasteiger partial charge in [0.1, 0.15) is 12.1 Å². The van der Waals surface area contributed by atoms with Crippen LogP contribution in [0.3, 0.4) is 0 Å². The summed E-state index contributed by atoms with van der Waals surface area (Å²) in [6.45, 7) is 1.67. The molecule has 2 aromatic heterocycles. The highest BCUT2D eigenvalue weighted by Gasteiger charge is 2.27. The molecule has 1 unspecified atom stereocenters. The highest BCUT2D eigenvalue weighted by Crippen LogP contribution is 2.23. The molecule has 1 atom stereocenters. The van der Waals surface area contributed by atoms with E-state index in [1.165, 1.54) is 6.33 Å². The van der Waals surface area contributed by atoms with Gasteiger partial charge in [-0.2, -0.15) is 0 Å². The third-order valence-corrected chi connectivity index (χ3v) is 3.32. The Morgan fingerprint density at radius 3 is 3.25 bits per heavy atom. The molecule has 0 spiro atoms. The van der Waals surface area contributed by atoms with Gasteiger partial charge >= 0.3 is 0 Å². The summed E-state index contributed by atoms with van der Waals surface area (Å²) in [6, 6.07) is 1.88. The lowest BCUT2D eigenvalue weighted by Gasteiger charge is -2.33. The number of likely N-dealkylation sites (N-methyl/N-ethyl adjacent to an activating group) is 1. The number of carbonyl (C=O) groups excluding carboxylic acids is 1. The number of ether oxygens (including phenoxy) is 1. The Kier molecular flexibility index (Phi) is 3.42. The van der Waals surface area contributed by atoms with Gasteiger partial charge in [-0.25, -0.2) is 9.97 Å². The third-order valence-electron chi connectivity index (χ3n) is 3.32. The number of amides is 1.